The van der Waals surface area contributed by atoms with Crippen LogP contribution in [0.3, 0.4) is 0 Å². The molecule has 0 atom stereocenters. The zero-order valence-corrected chi connectivity index (χ0v) is 12.1. The second kappa shape index (κ2) is 5.30. The number of nitrogens with two attached hydrogens (primary N) is 2. The van der Waals surface area contributed by atoms with E-state index in [-0.39, 0.29) is 17.5 Å². The third-order valence-electron chi connectivity index (χ3n) is 4.18. The summed E-state index contributed by atoms with van der Waals surface area (Å²) < 4.78 is 13.6. The molecule has 3 rings (SSSR count). The second-order valence-corrected chi connectivity index (χ2v) is 5.59. The number of halogens is 1. The van der Waals surface area contributed by atoms with Crippen LogP contribution in [0.5, 0.6) is 0 Å². The Morgan fingerprint density at radius 1 is 1.23 bits per heavy atom. The normalized spacial score (nSPS) is 20.3. The fraction of sp³-hybridized carbons (Fsp3) is 0.400. The summed E-state index contributed by atoms with van der Waals surface area (Å²) in [5.74, 6) is -0.164. The van der Waals surface area contributed by atoms with E-state index in [1.165, 1.54) is 12.1 Å². The summed E-state index contributed by atoms with van der Waals surface area (Å²) in [5, 5.41) is 9.03. The minimum atomic E-state index is -0.585. The third kappa shape index (κ3) is 2.26. The van der Waals surface area contributed by atoms with Crippen molar-refractivity contribution in [3.05, 3.63) is 29.6 Å². The number of nitrogens with zero attached hydrogens (tertiary/aromatic N) is 4. The van der Waals surface area contributed by atoms with Crippen molar-refractivity contribution >= 4 is 17.6 Å². The number of anilines is 1. The van der Waals surface area contributed by atoms with Gasteiger partial charge in [0, 0.05) is 5.69 Å². The average molecular weight is 300 g/mol. The maximum Gasteiger partial charge on any atom is 0.220 e. The SMILES string of the molecule is N#Cc1cc(N2C(N)=NC(N)=NC23CCCCC3)ccc1F. The molecular weight excluding hydrogens is 283 g/mol. The van der Waals surface area contributed by atoms with Crippen molar-refractivity contribution in [2.45, 2.75) is 37.8 Å². The lowest BCUT2D eigenvalue weighted by molar-refractivity contribution is 0.305. The van der Waals surface area contributed by atoms with Crippen LogP contribution in [-0.4, -0.2) is 17.6 Å². The van der Waals surface area contributed by atoms with Crippen LogP contribution in [0.25, 0.3) is 0 Å². The van der Waals surface area contributed by atoms with Gasteiger partial charge in [0.05, 0.1) is 5.56 Å². The first kappa shape index (κ1) is 14.3. The molecule has 1 spiro atoms. The molecule has 1 fully saturated rings. The van der Waals surface area contributed by atoms with Crippen molar-refractivity contribution in [2.24, 2.45) is 21.5 Å². The topological polar surface area (TPSA) is 104 Å². The van der Waals surface area contributed by atoms with Gasteiger partial charge in [-0.25, -0.2) is 9.38 Å². The Balaban J connectivity index is 2.10. The second-order valence-electron chi connectivity index (χ2n) is 5.59. The highest BCUT2D eigenvalue weighted by molar-refractivity contribution is 6.05. The summed E-state index contributed by atoms with van der Waals surface area (Å²) in [6, 6.07) is 6.18. The lowest BCUT2D eigenvalue weighted by Gasteiger charge is -2.45. The number of aliphatic imine (C=N–C) groups is 2. The Bertz CT molecular complexity index is 696. The fourth-order valence-corrected chi connectivity index (χ4v) is 3.23. The molecule has 2 aliphatic rings. The third-order valence-corrected chi connectivity index (χ3v) is 4.18. The summed E-state index contributed by atoms with van der Waals surface area (Å²) in [6.07, 6.45) is 4.74. The van der Waals surface area contributed by atoms with E-state index in [1.54, 1.807) is 11.0 Å². The molecule has 1 aliphatic heterocycles. The molecular formula is C15H17FN6. The number of hydrogen-bond donors (Lipinski definition) is 2. The van der Waals surface area contributed by atoms with Gasteiger partial charge in [0.2, 0.25) is 11.9 Å². The van der Waals surface area contributed by atoms with Crippen molar-refractivity contribution in [3.8, 4) is 6.07 Å². The maximum absolute atomic E-state index is 13.6. The summed E-state index contributed by atoms with van der Waals surface area (Å²) in [6.45, 7) is 0. The van der Waals surface area contributed by atoms with E-state index in [9.17, 15) is 4.39 Å². The molecule has 0 aromatic heterocycles. The van der Waals surface area contributed by atoms with Crippen LogP contribution in [-0.2, 0) is 0 Å². The molecule has 0 unspecified atom stereocenters. The highest BCUT2D eigenvalue weighted by atomic mass is 19.1. The summed E-state index contributed by atoms with van der Waals surface area (Å²) in [7, 11) is 0. The van der Waals surface area contributed by atoms with Crippen molar-refractivity contribution < 1.29 is 4.39 Å². The molecule has 1 aliphatic carbocycles. The van der Waals surface area contributed by atoms with E-state index < -0.39 is 11.5 Å². The fourth-order valence-electron chi connectivity index (χ4n) is 3.23. The summed E-state index contributed by atoms with van der Waals surface area (Å²) in [4.78, 5) is 10.4. The van der Waals surface area contributed by atoms with E-state index in [0.717, 1.165) is 32.1 Å². The smallest absolute Gasteiger partial charge is 0.220 e. The Hall–Kier alpha value is -2.62. The minimum absolute atomic E-state index is 0.0289. The van der Waals surface area contributed by atoms with Crippen molar-refractivity contribution in [1.82, 2.24) is 0 Å². The number of guanidine groups is 2. The number of hydrogen-bond acceptors (Lipinski definition) is 6. The van der Waals surface area contributed by atoms with Crippen LogP contribution in [0.2, 0.25) is 0 Å². The Kier molecular flexibility index (Phi) is 3.45. The number of nitriles is 1. The van der Waals surface area contributed by atoms with Crippen LogP contribution in [0.1, 0.15) is 37.7 Å². The molecule has 1 saturated carbocycles. The predicted octanol–water partition coefficient (Wildman–Crippen LogP) is 1.81. The molecule has 6 nitrogen and oxygen atoms in total. The van der Waals surface area contributed by atoms with Gasteiger partial charge in [-0.1, -0.05) is 6.42 Å². The van der Waals surface area contributed by atoms with E-state index >= 15 is 0 Å². The Morgan fingerprint density at radius 2 is 1.95 bits per heavy atom. The number of benzene rings is 1. The van der Waals surface area contributed by atoms with E-state index in [2.05, 4.69) is 9.98 Å². The van der Waals surface area contributed by atoms with Crippen LogP contribution in [0, 0.1) is 17.1 Å². The van der Waals surface area contributed by atoms with Crippen molar-refractivity contribution in [3.63, 3.8) is 0 Å². The first-order valence-corrected chi connectivity index (χ1v) is 7.25. The van der Waals surface area contributed by atoms with Gasteiger partial charge in [-0.15, -0.1) is 0 Å². The monoisotopic (exact) mass is 300 g/mol. The zero-order chi connectivity index (χ0) is 15.7. The number of rotatable bonds is 1. The molecule has 1 aromatic carbocycles. The standard InChI is InChI=1S/C15H17FN6/c16-12-5-4-11(8-10(12)9-17)22-14(19)20-13(18)21-15(22)6-2-1-3-7-15/h4-5,8H,1-3,6-7H2,(H4,18,19,20,21). The molecule has 1 heterocycles. The predicted molar refractivity (Wildman–Crippen MR) is 82.7 cm³/mol. The molecule has 4 N–H and O–H groups in total. The van der Waals surface area contributed by atoms with Crippen LogP contribution in [0.15, 0.2) is 28.2 Å². The zero-order valence-electron chi connectivity index (χ0n) is 12.1. The largest absolute Gasteiger partial charge is 0.369 e. The Morgan fingerprint density at radius 3 is 2.64 bits per heavy atom. The van der Waals surface area contributed by atoms with Gasteiger partial charge < -0.3 is 11.5 Å². The molecule has 114 valence electrons. The van der Waals surface area contributed by atoms with Crippen LogP contribution >= 0.6 is 0 Å². The molecule has 1 aromatic rings. The van der Waals surface area contributed by atoms with Gasteiger partial charge in [0.15, 0.2) is 0 Å². The van der Waals surface area contributed by atoms with Gasteiger partial charge in [-0.3, -0.25) is 4.90 Å². The van der Waals surface area contributed by atoms with Gasteiger partial charge in [-0.05, 0) is 43.9 Å². The molecule has 0 bridgehead atoms. The summed E-state index contributed by atoms with van der Waals surface area (Å²) >= 11 is 0. The molecule has 7 heteroatoms. The molecule has 22 heavy (non-hydrogen) atoms. The quantitative estimate of drug-likeness (QED) is 0.825. The minimum Gasteiger partial charge on any atom is -0.369 e. The van der Waals surface area contributed by atoms with E-state index in [1.807, 2.05) is 6.07 Å². The molecule has 0 saturated heterocycles. The van der Waals surface area contributed by atoms with Gasteiger partial charge in [0.25, 0.3) is 0 Å². The van der Waals surface area contributed by atoms with Crippen molar-refractivity contribution in [2.75, 3.05) is 4.90 Å². The average Bonchev–Trinajstić information content (AvgIpc) is 2.48. The van der Waals surface area contributed by atoms with Gasteiger partial charge >= 0.3 is 0 Å². The van der Waals surface area contributed by atoms with Crippen LogP contribution in [0.4, 0.5) is 10.1 Å². The first-order valence-electron chi connectivity index (χ1n) is 7.25. The highest BCUT2D eigenvalue weighted by Crippen LogP contribution is 2.39. The van der Waals surface area contributed by atoms with Gasteiger partial charge in [0.1, 0.15) is 17.5 Å². The molecule has 0 radical (unpaired) electrons. The lowest BCUT2D eigenvalue weighted by Crippen LogP contribution is -2.58. The van der Waals surface area contributed by atoms with Crippen molar-refractivity contribution in [1.29, 1.82) is 5.26 Å². The maximum atomic E-state index is 13.6. The van der Waals surface area contributed by atoms with E-state index in [4.69, 9.17) is 16.7 Å². The molecule has 0 amide bonds. The first-order chi connectivity index (χ1) is 10.6. The lowest BCUT2D eigenvalue weighted by atomic mass is 9.87. The summed E-state index contributed by atoms with van der Waals surface area (Å²) in [5.41, 5.74) is 11.9. The van der Waals surface area contributed by atoms with E-state index in [0.29, 0.717) is 5.69 Å². The highest BCUT2D eigenvalue weighted by Gasteiger charge is 2.42. The van der Waals surface area contributed by atoms with Gasteiger partial charge in [-0.2, -0.15) is 10.3 Å². The Labute approximate surface area is 127 Å². The van der Waals surface area contributed by atoms with Crippen LogP contribution < -0.4 is 16.4 Å².